The maximum atomic E-state index is 13.3. The number of allylic oxidation sites excluding steroid dienone is 1. The van der Waals surface area contributed by atoms with E-state index in [0.717, 1.165) is 16.6 Å². The van der Waals surface area contributed by atoms with Crippen molar-refractivity contribution < 1.29 is 13.9 Å². The lowest BCUT2D eigenvalue weighted by Gasteiger charge is -2.07. The Hall–Kier alpha value is -2.43. The number of halogens is 1. The molecule has 20 heavy (non-hydrogen) atoms. The smallest absolute Gasteiger partial charge is 0.213 e. The van der Waals surface area contributed by atoms with Crippen LogP contribution in [0.25, 0.3) is 10.9 Å². The standard InChI is InChI=1S/C15H15FN2O2/c1-10(9-19-2)17-8-11-4-6-13(20-3)15-12(11)5-7-14(16)18-15/h4-9H,1-3H3/b10-9-,17-8?. The van der Waals surface area contributed by atoms with Gasteiger partial charge >= 0.3 is 0 Å². The first-order chi connectivity index (χ1) is 9.65. The Labute approximate surface area is 116 Å². The number of hydrogen-bond donors (Lipinski definition) is 0. The highest BCUT2D eigenvalue weighted by molar-refractivity contribution is 6.00. The van der Waals surface area contributed by atoms with Crippen molar-refractivity contribution in [3.63, 3.8) is 0 Å². The van der Waals surface area contributed by atoms with Crippen LogP contribution in [0.4, 0.5) is 4.39 Å². The van der Waals surface area contributed by atoms with Crippen molar-refractivity contribution in [3.8, 4) is 5.75 Å². The lowest BCUT2D eigenvalue weighted by molar-refractivity contribution is 0.333. The largest absolute Gasteiger partial charge is 0.502 e. The maximum absolute atomic E-state index is 13.3. The number of benzene rings is 1. The first-order valence-corrected chi connectivity index (χ1v) is 6.02. The van der Waals surface area contributed by atoms with Gasteiger partial charge in [0.1, 0.15) is 17.5 Å². The van der Waals surface area contributed by atoms with Crippen molar-refractivity contribution in [2.24, 2.45) is 4.99 Å². The molecular weight excluding hydrogens is 259 g/mol. The number of rotatable bonds is 4. The summed E-state index contributed by atoms with van der Waals surface area (Å²) in [4.78, 5) is 8.14. The van der Waals surface area contributed by atoms with Gasteiger partial charge in [-0.3, -0.25) is 4.99 Å². The van der Waals surface area contributed by atoms with Crippen LogP contribution in [0.5, 0.6) is 5.75 Å². The first-order valence-electron chi connectivity index (χ1n) is 6.02. The van der Waals surface area contributed by atoms with Crippen LogP contribution in [0, 0.1) is 5.95 Å². The van der Waals surface area contributed by atoms with E-state index in [-0.39, 0.29) is 0 Å². The Bertz CT molecular complexity index is 681. The van der Waals surface area contributed by atoms with Crippen LogP contribution in [0.3, 0.4) is 0 Å². The highest BCUT2D eigenvalue weighted by atomic mass is 19.1. The van der Waals surface area contributed by atoms with Crippen molar-refractivity contribution in [2.45, 2.75) is 6.92 Å². The van der Waals surface area contributed by atoms with E-state index >= 15 is 0 Å². The fourth-order valence-corrected chi connectivity index (χ4v) is 1.84. The van der Waals surface area contributed by atoms with Crippen LogP contribution >= 0.6 is 0 Å². The number of pyridine rings is 1. The van der Waals surface area contributed by atoms with Gasteiger partial charge < -0.3 is 9.47 Å². The zero-order valence-electron chi connectivity index (χ0n) is 11.6. The van der Waals surface area contributed by atoms with Gasteiger partial charge in [0.15, 0.2) is 0 Å². The van der Waals surface area contributed by atoms with Crippen molar-refractivity contribution >= 4 is 17.1 Å². The molecule has 0 saturated heterocycles. The lowest BCUT2D eigenvalue weighted by atomic mass is 10.1. The molecule has 1 aromatic carbocycles. The minimum Gasteiger partial charge on any atom is -0.502 e. The van der Waals surface area contributed by atoms with Gasteiger partial charge in [0.05, 0.1) is 19.9 Å². The molecule has 104 valence electrons. The summed E-state index contributed by atoms with van der Waals surface area (Å²) in [6.07, 6.45) is 3.23. The van der Waals surface area contributed by atoms with E-state index in [2.05, 4.69) is 9.98 Å². The highest BCUT2D eigenvalue weighted by Crippen LogP contribution is 2.26. The molecule has 0 N–H and O–H groups in total. The maximum Gasteiger partial charge on any atom is 0.213 e. The quantitative estimate of drug-likeness (QED) is 0.488. The molecule has 0 unspecified atom stereocenters. The van der Waals surface area contributed by atoms with Crippen molar-refractivity contribution in [3.05, 3.63) is 47.7 Å². The van der Waals surface area contributed by atoms with Gasteiger partial charge in [-0.15, -0.1) is 0 Å². The molecule has 0 spiro atoms. The topological polar surface area (TPSA) is 43.7 Å². The zero-order valence-corrected chi connectivity index (χ0v) is 11.6. The van der Waals surface area contributed by atoms with Crippen LogP contribution < -0.4 is 4.74 Å². The molecule has 0 amide bonds. The number of aliphatic imine (C=N–C) groups is 1. The van der Waals surface area contributed by atoms with Crippen LogP contribution in [0.15, 0.2) is 41.2 Å². The highest BCUT2D eigenvalue weighted by Gasteiger charge is 2.07. The van der Waals surface area contributed by atoms with E-state index in [1.807, 2.05) is 13.0 Å². The third-order valence-electron chi connectivity index (χ3n) is 2.74. The minimum atomic E-state index is -0.541. The number of ether oxygens (including phenoxy) is 2. The molecule has 0 bridgehead atoms. The normalized spacial score (nSPS) is 12.1. The number of aromatic nitrogens is 1. The molecule has 0 aliphatic rings. The van der Waals surface area contributed by atoms with Gasteiger partial charge in [-0.05, 0) is 31.2 Å². The van der Waals surface area contributed by atoms with E-state index < -0.39 is 5.95 Å². The summed E-state index contributed by atoms with van der Waals surface area (Å²) in [5.41, 5.74) is 2.04. The molecule has 1 heterocycles. The molecule has 2 aromatic rings. The molecule has 0 aliphatic carbocycles. The Morgan fingerprint density at radius 1 is 1.25 bits per heavy atom. The van der Waals surface area contributed by atoms with Crippen LogP contribution in [-0.4, -0.2) is 25.4 Å². The van der Waals surface area contributed by atoms with Crippen molar-refractivity contribution in [1.29, 1.82) is 0 Å². The van der Waals surface area contributed by atoms with Crippen LogP contribution in [0.1, 0.15) is 12.5 Å². The van der Waals surface area contributed by atoms with Gasteiger partial charge in [-0.25, -0.2) is 4.98 Å². The zero-order chi connectivity index (χ0) is 14.5. The fourth-order valence-electron chi connectivity index (χ4n) is 1.84. The third kappa shape index (κ3) is 2.93. The predicted molar refractivity (Wildman–Crippen MR) is 76.6 cm³/mol. The second kappa shape index (κ2) is 6.14. The fraction of sp³-hybridized carbons (Fsp3) is 0.200. The summed E-state index contributed by atoms with van der Waals surface area (Å²) >= 11 is 0. The second-order valence-corrected chi connectivity index (χ2v) is 4.14. The van der Waals surface area contributed by atoms with E-state index in [9.17, 15) is 4.39 Å². The molecule has 4 nitrogen and oxygen atoms in total. The summed E-state index contributed by atoms with van der Waals surface area (Å²) in [5.74, 6) is -0.0128. The molecule has 0 atom stereocenters. The second-order valence-electron chi connectivity index (χ2n) is 4.14. The predicted octanol–water partition coefficient (Wildman–Crippen LogP) is 3.31. The summed E-state index contributed by atoms with van der Waals surface area (Å²) in [5, 5.41) is 0.778. The average molecular weight is 274 g/mol. The SMILES string of the molecule is CO/C=C(/C)N=Cc1ccc(OC)c2nc(F)ccc12. The molecule has 0 radical (unpaired) electrons. The first kappa shape index (κ1) is 14.0. The van der Waals surface area contributed by atoms with Gasteiger partial charge in [-0.2, -0.15) is 4.39 Å². The summed E-state index contributed by atoms with van der Waals surface area (Å²) in [6.45, 7) is 1.82. The number of methoxy groups -OCH3 is 2. The van der Waals surface area contributed by atoms with Crippen molar-refractivity contribution in [2.75, 3.05) is 14.2 Å². The van der Waals surface area contributed by atoms with Crippen LogP contribution in [-0.2, 0) is 4.74 Å². The van der Waals surface area contributed by atoms with E-state index in [1.165, 1.54) is 13.2 Å². The number of nitrogens with zero attached hydrogens (tertiary/aromatic N) is 2. The Kier molecular flexibility index (Phi) is 4.30. The molecule has 5 heteroatoms. The Balaban J connectivity index is 2.53. The van der Waals surface area contributed by atoms with E-state index in [1.54, 1.807) is 31.7 Å². The Morgan fingerprint density at radius 3 is 2.75 bits per heavy atom. The molecule has 0 aliphatic heterocycles. The van der Waals surface area contributed by atoms with Crippen LogP contribution in [0.2, 0.25) is 0 Å². The third-order valence-corrected chi connectivity index (χ3v) is 2.74. The molecular formula is C15H15FN2O2. The molecule has 1 aromatic heterocycles. The average Bonchev–Trinajstić information content (AvgIpc) is 2.44. The molecule has 0 fully saturated rings. The lowest BCUT2D eigenvalue weighted by Crippen LogP contribution is -1.94. The van der Waals surface area contributed by atoms with E-state index in [0.29, 0.717) is 11.3 Å². The van der Waals surface area contributed by atoms with Crippen molar-refractivity contribution in [1.82, 2.24) is 4.98 Å². The number of hydrogen-bond acceptors (Lipinski definition) is 4. The molecule has 0 saturated carbocycles. The summed E-state index contributed by atoms with van der Waals surface area (Å²) < 4.78 is 23.3. The van der Waals surface area contributed by atoms with E-state index in [4.69, 9.17) is 9.47 Å². The minimum absolute atomic E-state index is 0.477. The van der Waals surface area contributed by atoms with Gasteiger partial charge in [-0.1, -0.05) is 0 Å². The summed E-state index contributed by atoms with van der Waals surface area (Å²) in [6, 6.07) is 6.57. The van der Waals surface area contributed by atoms with Gasteiger partial charge in [0.2, 0.25) is 5.95 Å². The monoisotopic (exact) mass is 274 g/mol. The molecule has 2 rings (SSSR count). The number of fused-ring (bicyclic) bond motifs is 1. The Morgan fingerprint density at radius 2 is 2.05 bits per heavy atom. The summed E-state index contributed by atoms with van der Waals surface area (Å²) in [7, 11) is 3.09. The van der Waals surface area contributed by atoms with Gasteiger partial charge in [0.25, 0.3) is 0 Å². The van der Waals surface area contributed by atoms with Gasteiger partial charge in [0, 0.05) is 17.2 Å².